The number of aromatic nitrogens is 1. The Morgan fingerprint density at radius 2 is 1.80 bits per heavy atom. The molecule has 216 valence electrons. The first-order valence-electron chi connectivity index (χ1n) is 13.9. The number of nitrogens with zero attached hydrogens (tertiary/aromatic N) is 1. The van der Waals surface area contributed by atoms with Gasteiger partial charge in [-0.05, 0) is 48.1 Å². The van der Waals surface area contributed by atoms with Crippen molar-refractivity contribution in [1.29, 1.82) is 0 Å². The van der Waals surface area contributed by atoms with Crippen LogP contribution in [0.1, 0.15) is 43.2 Å². The van der Waals surface area contributed by atoms with Crippen LogP contribution >= 0.6 is 23.2 Å². The number of carbonyl (C=O) groups excluding carboxylic acids is 4. The average Bonchev–Trinajstić information content (AvgIpc) is 3.38. The van der Waals surface area contributed by atoms with Gasteiger partial charge in [-0.15, -0.1) is 0 Å². The first-order chi connectivity index (χ1) is 19.8. The molecule has 41 heavy (non-hydrogen) atoms. The van der Waals surface area contributed by atoms with Crippen LogP contribution in [0.15, 0.2) is 48.7 Å². The molecule has 1 aliphatic carbocycles. The molecule has 5 rings (SSSR count). The first-order valence-corrected chi connectivity index (χ1v) is 14.7. The van der Waals surface area contributed by atoms with E-state index < -0.39 is 23.9 Å². The van der Waals surface area contributed by atoms with Gasteiger partial charge in [0, 0.05) is 30.1 Å². The van der Waals surface area contributed by atoms with Crippen LogP contribution in [-0.4, -0.2) is 58.7 Å². The Kier molecular flexibility index (Phi) is 9.15. The van der Waals surface area contributed by atoms with Crippen LogP contribution in [0.25, 0.3) is 10.9 Å². The van der Waals surface area contributed by atoms with Crippen molar-refractivity contribution >= 4 is 57.7 Å². The van der Waals surface area contributed by atoms with Crippen molar-refractivity contribution in [3.05, 3.63) is 69.8 Å². The van der Waals surface area contributed by atoms with Gasteiger partial charge in [-0.25, -0.2) is 0 Å². The second-order valence-corrected chi connectivity index (χ2v) is 11.6. The zero-order valence-electron chi connectivity index (χ0n) is 22.6. The molecule has 11 heteroatoms. The fourth-order valence-electron chi connectivity index (χ4n) is 5.75. The lowest BCUT2D eigenvalue weighted by Crippen LogP contribution is -2.62. The summed E-state index contributed by atoms with van der Waals surface area (Å²) in [5.74, 6) is -1.35. The van der Waals surface area contributed by atoms with Crippen LogP contribution in [0.3, 0.4) is 0 Å². The van der Waals surface area contributed by atoms with Crippen molar-refractivity contribution in [3.63, 3.8) is 0 Å². The van der Waals surface area contributed by atoms with E-state index in [0.717, 1.165) is 54.1 Å². The molecule has 3 aromatic rings. The molecule has 0 spiro atoms. The van der Waals surface area contributed by atoms with Gasteiger partial charge >= 0.3 is 0 Å². The molecule has 2 unspecified atom stereocenters. The minimum Gasteiger partial charge on any atom is -0.361 e. The Labute approximate surface area is 248 Å². The highest BCUT2D eigenvalue weighted by molar-refractivity contribution is 6.42. The SMILES string of the molecule is O=C(CN1CC(=O)NC(C2CCCCC2)C1=O)NC(Cc1c[nH]c2ccccc12)C(=O)NCc1ccc(Cl)c(Cl)c1. The quantitative estimate of drug-likeness (QED) is 0.300. The minimum atomic E-state index is -0.924. The number of hydrogen-bond donors (Lipinski definition) is 4. The number of amides is 4. The summed E-state index contributed by atoms with van der Waals surface area (Å²) < 4.78 is 0. The zero-order valence-corrected chi connectivity index (χ0v) is 24.1. The number of benzene rings is 2. The molecular weight excluding hydrogens is 565 g/mol. The highest BCUT2D eigenvalue weighted by atomic mass is 35.5. The summed E-state index contributed by atoms with van der Waals surface area (Å²) in [6, 6.07) is 11.3. The molecule has 1 aromatic heterocycles. The van der Waals surface area contributed by atoms with Crippen LogP contribution in [0.2, 0.25) is 10.0 Å². The normalized spacial score (nSPS) is 18.7. The van der Waals surface area contributed by atoms with Gasteiger partial charge in [0.05, 0.1) is 10.0 Å². The largest absolute Gasteiger partial charge is 0.361 e. The monoisotopic (exact) mass is 597 g/mol. The Balaban J connectivity index is 1.29. The lowest BCUT2D eigenvalue weighted by Gasteiger charge is -2.37. The highest BCUT2D eigenvalue weighted by Crippen LogP contribution is 2.28. The van der Waals surface area contributed by atoms with Crippen LogP contribution in [0.5, 0.6) is 0 Å². The van der Waals surface area contributed by atoms with E-state index in [2.05, 4.69) is 20.9 Å². The number of carbonyl (C=O) groups is 4. The lowest BCUT2D eigenvalue weighted by atomic mass is 9.82. The second-order valence-electron chi connectivity index (χ2n) is 10.8. The smallest absolute Gasteiger partial charge is 0.246 e. The maximum Gasteiger partial charge on any atom is 0.246 e. The summed E-state index contributed by atoms with van der Waals surface area (Å²) in [4.78, 5) is 56.9. The lowest BCUT2D eigenvalue weighted by molar-refractivity contribution is -0.148. The van der Waals surface area contributed by atoms with E-state index in [1.807, 2.05) is 30.5 Å². The van der Waals surface area contributed by atoms with Crippen LogP contribution in [-0.2, 0) is 32.1 Å². The molecular formula is C30H33Cl2N5O4. The summed E-state index contributed by atoms with van der Waals surface area (Å²) in [5, 5.41) is 10.3. The van der Waals surface area contributed by atoms with E-state index in [1.54, 1.807) is 18.2 Å². The van der Waals surface area contributed by atoms with Crippen LogP contribution in [0.4, 0.5) is 0 Å². The molecule has 4 N–H and O–H groups in total. The van der Waals surface area contributed by atoms with Gasteiger partial charge in [0.25, 0.3) is 0 Å². The second kappa shape index (κ2) is 13.0. The Morgan fingerprint density at radius 3 is 2.59 bits per heavy atom. The molecule has 2 heterocycles. The fraction of sp³-hybridized carbons (Fsp3) is 0.400. The Bertz CT molecular complexity index is 1450. The van der Waals surface area contributed by atoms with Gasteiger partial charge < -0.3 is 25.8 Å². The summed E-state index contributed by atoms with van der Waals surface area (Å²) in [5.41, 5.74) is 2.53. The third-order valence-corrected chi connectivity index (χ3v) is 8.62. The summed E-state index contributed by atoms with van der Waals surface area (Å²) in [7, 11) is 0. The van der Waals surface area contributed by atoms with E-state index in [9.17, 15) is 19.2 Å². The third kappa shape index (κ3) is 7.02. The Hall–Kier alpha value is -3.56. The van der Waals surface area contributed by atoms with E-state index in [1.165, 1.54) is 4.90 Å². The molecule has 2 aliphatic rings. The number of fused-ring (bicyclic) bond motifs is 1. The van der Waals surface area contributed by atoms with Gasteiger partial charge in [0.1, 0.15) is 25.2 Å². The van der Waals surface area contributed by atoms with Crippen molar-refractivity contribution in [3.8, 4) is 0 Å². The Morgan fingerprint density at radius 1 is 1.02 bits per heavy atom. The minimum absolute atomic E-state index is 0.0767. The van der Waals surface area contributed by atoms with Crippen molar-refractivity contribution < 1.29 is 19.2 Å². The van der Waals surface area contributed by atoms with Crippen LogP contribution in [0, 0.1) is 5.92 Å². The van der Waals surface area contributed by atoms with Crippen molar-refractivity contribution in [2.75, 3.05) is 13.1 Å². The standard InChI is InChI=1S/C30H33Cl2N5O4/c31-22-11-10-18(12-23(22)32)14-34-29(40)25(13-20-15-33-24-9-5-4-8-21(20)24)35-26(38)16-37-17-27(39)36-28(30(37)41)19-6-2-1-3-7-19/h4-5,8-12,15,19,25,28,33H,1-3,6-7,13-14,16-17H2,(H,34,40)(H,35,38)(H,36,39). The molecule has 1 saturated carbocycles. The number of rotatable bonds is 9. The first kappa shape index (κ1) is 29.0. The molecule has 1 aliphatic heterocycles. The molecule has 2 fully saturated rings. The van der Waals surface area contributed by atoms with Gasteiger partial charge in [0.15, 0.2) is 0 Å². The summed E-state index contributed by atoms with van der Waals surface area (Å²) in [6.45, 7) is -0.310. The van der Waals surface area contributed by atoms with E-state index in [4.69, 9.17) is 23.2 Å². The molecule has 4 amide bonds. The molecule has 1 saturated heterocycles. The van der Waals surface area contributed by atoms with E-state index in [0.29, 0.717) is 10.0 Å². The molecule has 2 atom stereocenters. The topological polar surface area (TPSA) is 123 Å². The van der Waals surface area contributed by atoms with Crippen molar-refractivity contribution in [1.82, 2.24) is 25.8 Å². The van der Waals surface area contributed by atoms with Crippen molar-refractivity contribution in [2.24, 2.45) is 5.92 Å². The number of halogens is 2. The van der Waals surface area contributed by atoms with Crippen molar-refractivity contribution in [2.45, 2.75) is 57.2 Å². The number of nitrogens with one attached hydrogen (secondary N) is 4. The van der Waals surface area contributed by atoms with Crippen LogP contribution < -0.4 is 16.0 Å². The number of H-pyrrole nitrogens is 1. The van der Waals surface area contributed by atoms with Gasteiger partial charge in [-0.1, -0.05) is 66.7 Å². The molecule has 0 radical (unpaired) electrons. The summed E-state index contributed by atoms with van der Waals surface area (Å²) in [6.07, 6.45) is 6.98. The molecule has 9 nitrogen and oxygen atoms in total. The zero-order chi connectivity index (χ0) is 28.9. The average molecular weight is 599 g/mol. The molecule has 0 bridgehead atoms. The fourth-order valence-corrected chi connectivity index (χ4v) is 6.08. The predicted octanol–water partition coefficient (Wildman–Crippen LogP) is 3.73. The molecule has 2 aromatic carbocycles. The highest BCUT2D eigenvalue weighted by Gasteiger charge is 2.39. The third-order valence-electron chi connectivity index (χ3n) is 7.89. The number of aromatic amines is 1. The maximum absolute atomic E-state index is 13.4. The van der Waals surface area contributed by atoms with E-state index in [-0.39, 0.29) is 43.8 Å². The van der Waals surface area contributed by atoms with E-state index >= 15 is 0 Å². The predicted molar refractivity (Wildman–Crippen MR) is 157 cm³/mol. The van der Waals surface area contributed by atoms with Gasteiger partial charge in [0.2, 0.25) is 23.6 Å². The van der Waals surface area contributed by atoms with Gasteiger partial charge in [-0.2, -0.15) is 0 Å². The summed E-state index contributed by atoms with van der Waals surface area (Å²) >= 11 is 12.1. The maximum atomic E-state index is 13.4. The number of para-hydroxylation sites is 1. The number of piperazine rings is 1. The number of hydrogen-bond acceptors (Lipinski definition) is 4. The van der Waals surface area contributed by atoms with Gasteiger partial charge in [-0.3, -0.25) is 19.2 Å².